The Morgan fingerprint density at radius 3 is 2.26 bits per heavy atom. The summed E-state index contributed by atoms with van der Waals surface area (Å²) in [6, 6.07) is 19.3. The van der Waals surface area contributed by atoms with Gasteiger partial charge in [0.2, 0.25) is 5.91 Å². The second-order valence-corrected chi connectivity index (χ2v) is 14.0. The summed E-state index contributed by atoms with van der Waals surface area (Å²) in [6.45, 7) is 6.44. The van der Waals surface area contributed by atoms with Gasteiger partial charge in [-0.2, -0.15) is 0 Å². The second kappa shape index (κ2) is 16.0. The van der Waals surface area contributed by atoms with Crippen LogP contribution in [0.15, 0.2) is 67.0 Å². The van der Waals surface area contributed by atoms with Crippen molar-refractivity contribution < 1.29 is 28.5 Å². The van der Waals surface area contributed by atoms with Gasteiger partial charge in [-0.05, 0) is 104 Å². The molecule has 7 rings (SSSR count). The number of carbonyl (C=O) groups is 2. The molecule has 1 aromatic heterocycles. The van der Waals surface area contributed by atoms with E-state index in [0.29, 0.717) is 79.8 Å². The first-order valence-corrected chi connectivity index (χ1v) is 18.2. The quantitative estimate of drug-likeness (QED) is 0.196. The average molecular weight is 725 g/mol. The molecule has 53 heavy (non-hydrogen) atoms. The normalized spacial score (nSPS) is 20.5. The van der Waals surface area contributed by atoms with Crippen LogP contribution in [-0.4, -0.2) is 122 Å². The molecule has 280 valence electrons. The molecule has 4 heterocycles. The molecule has 0 aliphatic carbocycles. The standard InChI is InChI=1S/C39H48N8O6/c1-50-33-10-9-29(47-27-41-43-44-47)23-31(33)36(48)30-24-34(51-2)35(52-3)25-32(30)38(11-15-40-26-38)12-16-45-17-13-39(14-18-45,28-7-5-4-6-8-28)37(49)42-46-19-21-53-22-20-46/h4-10,23-25,27,40H,11-22,26H2,1-3H3,(H,42,49). The number of carbonyl (C=O) groups excluding carboxylic acids is 2. The predicted molar refractivity (Wildman–Crippen MR) is 197 cm³/mol. The number of morpholine rings is 1. The van der Waals surface area contributed by atoms with E-state index in [1.54, 1.807) is 45.6 Å². The third-order valence-corrected chi connectivity index (χ3v) is 11.3. The third-order valence-electron chi connectivity index (χ3n) is 11.3. The van der Waals surface area contributed by atoms with Crippen LogP contribution in [0.25, 0.3) is 5.69 Å². The highest BCUT2D eigenvalue weighted by Crippen LogP contribution is 2.44. The molecular weight excluding hydrogens is 676 g/mol. The summed E-state index contributed by atoms with van der Waals surface area (Å²) in [5, 5.41) is 17.1. The number of ether oxygens (including phenoxy) is 4. The van der Waals surface area contributed by atoms with E-state index >= 15 is 0 Å². The van der Waals surface area contributed by atoms with E-state index in [4.69, 9.17) is 18.9 Å². The fourth-order valence-electron chi connectivity index (χ4n) is 8.13. The topological polar surface area (TPSA) is 145 Å². The highest BCUT2D eigenvalue weighted by atomic mass is 16.5. The predicted octanol–water partition coefficient (Wildman–Crippen LogP) is 2.94. The number of hydrogen-bond acceptors (Lipinski definition) is 12. The molecule has 3 saturated heterocycles. The molecule has 2 N–H and O–H groups in total. The molecule has 0 saturated carbocycles. The lowest BCUT2D eigenvalue weighted by Crippen LogP contribution is -2.57. The van der Waals surface area contributed by atoms with Crippen LogP contribution in [0.1, 0.15) is 52.7 Å². The lowest BCUT2D eigenvalue weighted by Gasteiger charge is -2.43. The van der Waals surface area contributed by atoms with Crippen LogP contribution in [0.3, 0.4) is 0 Å². The average Bonchev–Trinajstić information content (AvgIpc) is 3.94. The fraction of sp³-hybridized carbons (Fsp3) is 0.462. The van der Waals surface area contributed by atoms with E-state index in [9.17, 15) is 9.59 Å². The van der Waals surface area contributed by atoms with Crippen molar-refractivity contribution in [2.45, 2.75) is 36.5 Å². The van der Waals surface area contributed by atoms with Crippen LogP contribution < -0.4 is 25.0 Å². The van der Waals surface area contributed by atoms with Crippen LogP contribution in [0.2, 0.25) is 0 Å². The zero-order valence-electron chi connectivity index (χ0n) is 30.7. The van der Waals surface area contributed by atoms with Crippen LogP contribution in [0.4, 0.5) is 0 Å². The first-order valence-electron chi connectivity index (χ1n) is 18.2. The summed E-state index contributed by atoms with van der Waals surface area (Å²) in [5.41, 5.74) is 5.74. The lowest BCUT2D eigenvalue weighted by molar-refractivity contribution is -0.135. The summed E-state index contributed by atoms with van der Waals surface area (Å²) >= 11 is 0. The first kappa shape index (κ1) is 36.5. The van der Waals surface area contributed by atoms with Crippen molar-refractivity contribution in [2.75, 3.05) is 80.4 Å². The number of ketones is 1. The van der Waals surface area contributed by atoms with Crippen molar-refractivity contribution in [1.29, 1.82) is 0 Å². The molecule has 1 unspecified atom stereocenters. The zero-order chi connectivity index (χ0) is 36.8. The van der Waals surface area contributed by atoms with E-state index in [2.05, 4.69) is 43.3 Å². The van der Waals surface area contributed by atoms with Gasteiger partial charge in [0.15, 0.2) is 17.3 Å². The summed E-state index contributed by atoms with van der Waals surface area (Å²) in [7, 11) is 4.74. The maximum Gasteiger partial charge on any atom is 0.245 e. The minimum Gasteiger partial charge on any atom is -0.496 e. The van der Waals surface area contributed by atoms with Gasteiger partial charge in [0.25, 0.3) is 0 Å². The van der Waals surface area contributed by atoms with Gasteiger partial charge in [-0.25, -0.2) is 9.69 Å². The number of methoxy groups -OCH3 is 3. The number of nitrogens with zero attached hydrogens (tertiary/aromatic N) is 6. The Balaban J connectivity index is 1.16. The minimum absolute atomic E-state index is 0.0507. The number of benzene rings is 3. The summed E-state index contributed by atoms with van der Waals surface area (Å²) in [5.74, 6) is 1.33. The molecule has 3 aliphatic rings. The van der Waals surface area contributed by atoms with Gasteiger partial charge in [-0.3, -0.25) is 15.0 Å². The lowest BCUT2D eigenvalue weighted by atomic mass is 9.71. The number of hydrazine groups is 1. The van der Waals surface area contributed by atoms with Gasteiger partial charge in [0.05, 0.1) is 51.2 Å². The third kappa shape index (κ3) is 7.36. The number of rotatable bonds is 13. The van der Waals surface area contributed by atoms with Crippen molar-refractivity contribution in [2.24, 2.45) is 0 Å². The maximum absolute atomic E-state index is 14.7. The second-order valence-electron chi connectivity index (χ2n) is 14.0. The van der Waals surface area contributed by atoms with Gasteiger partial charge >= 0.3 is 0 Å². The van der Waals surface area contributed by atoms with E-state index in [0.717, 1.165) is 50.1 Å². The largest absolute Gasteiger partial charge is 0.496 e. The molecule has 1 atom stereocenters. The maximum atomic E-state index is 14.7. The van der Waals surface area contributed by atoms with Crippen molar-refractivity contribution in [3.8, 4) is 22.9 Å². The Morgan fingerprint density at radius 1 is 0.868 bits per heavy atom. The van der Waals surface area contributed by atoms with Crippen LogP contribution in [-0.2, 0) is 20.4 Å². The Morgan fingerprint density at radius 2 is 1.60 bits per heavy atom. The first-order chi connectivity index (χ1) is 25.9. The molecule has 14 heteroatoms. The minimum atomic E-state index is -0.624. The molecule has 14 nitrogen and oxygen atoms in total. The number of hydrogen-bond donors (Lipinski definition) is 2. The zero-order valence-corrected chi connectivity index (χ0v) is 30.7. The Kier molecular flexibility index (Phi) is 11.0. The number of amides is 1. The summed E-state index contributed by atoms with van der Waals surface area (Å²) in [4.78, 5) is 31.3. The SMILES string of the molecule is COc1cc(C(=O)c2cc(-n3cnnn3)ccc2OC)c(C2(CCN3CCC(C(=O)NN4CCOCC4)(c4ccccc4)CC3)CCNC2)cc1OC. The number of piperidine rings is 1. The molecule has 3 aliphatic heterocycles. The van der Waals surface area contributed by atoms with Gasteiger partial charge in [-0.15, -0.1) is 5.10 Å². The number of nitrogens with one attached hydrogen (secondary N) is 2. The van der Waals surface area contributed by atoms with Crippen molar-refractivity contribution in [3.63, 3.8) is 0 Å². The summed E-state index contributed by atoms with van der Waals surface area (Å²) in [6.07, 6.45) is 4.54. The monoisotopic (exact) mass is 724 g/mol. The van der Waals surface area contributed by atoms with Gasteiger partial charge in [0.1, 0.15) is 12.1 Å². The fourth-order valence-corrected chi connectivity index (χ4v) is 8.13. The van der Waals surface area contributed by atoms with E-state index in [1.807, 2.05) is 29.3 Å². The van der Waals surface area contributed by atoms with Crippen molar-refractivity contribution in [3.05, 3.63) is 89.2 Å². The molecule has 4 aromatic rings. The molecule has 3 fully saturated rings. The van der Waals surface area contributed by atoms with E-state index in [-0.39, 0.29) is 17.1 Å². The van der Waals surface area contributed by atoms with Gasteiger partial charge < -0.3 is 29.2 Å². The van der Waals surface area contributed by atoms with Gasteiger partial charge in [-0.1, -0.05) is 30.3 Å². The number of likely N-dealkylation sites (tertiary alicyclic amines) is 1. The van der Waals surface area contributed by atoms with Crippen LogP contribution in [0, 0.1) is 0 Å². The number of aromatic nitrogens is 4. The highest BCUT2D eigenvalue weighted by Gasteiger charge is 2.45. The van der Waals surface area contributed by atoms with Crippen LogP contribution in [0.5, 0.6) is 17.2 Å². The Bertz CT molecular complexity index is 1870. The molecule has 3 aromatic carbocycles. The summed E-state index contributed by atoms with van der Waals surface area (Å²) < 4.78 is 24.2. The van der Waals surface area contributed by atoms with Gasteiger partial charge in [0, 0.05) is 30.6 Å². The highest BCUT2D eigenvalue weighted by molar-refractivity contribution is 6.12. The molecular formula is C39H48N8O6. The Labute approximate surface area is 309 Å². The van der Waals surface area contributed by atoms with E-state index in [1.165, 1.54) is 11.0 Å². The molecule has 1 amide bonds. The molecule has 0 spiro atoms. The number of tetrazole rings is 1. The molecule has 0 bridgehead atoms. The Hall–Kier alpha value is -4.89. The van der Waals surface area contributed by atoms with E-state index < -0.39 is 5.41 Å². The van der Waals surface area contributed by atoms with Crippen molar-refractivity contribution >= 4 is 11.7 Å². The van der Waals surface area contributed by atoms with Crippen LogP contribution >= 0.6 is 0 Å². The van der Waals surface area contributed by atoms with Crippen molar-refractivity contribution in [1.82, 2.24) is 40.9 Å². The molecule has 0 radical (unpaired) electrons. The smallest absolute Gasteiger partial charge is 0.245 e.